The van der Waals surface area contributed by atoms with Crippen molar-refractivity contribution in [3.05, 3.63) is 58.0 Å². The molecule has 0 amide bonds. The molecule has 90 valence electrons. The molecule has 0 aliphatic carbocycles. The molecule has 0 aliphatic heterocycles. The Kier molecular flexibility index (Phi) is 2.84. The molecule has 2 heterocycles. The van der Waals surface area contributed by atoms with Gasteiger partial charge in [0.25, 0.3) is 0 Å². The van der Waals surface area contributed by atoms with E-state index in [1.54, 1.807) is 24.4 Å². The summed E-state index contributed by atoms with van der Waals surface area (Å²) in [5.41, 5.74) is 2.43. The van der Waals surface area contributed by atoms with E-state index in [0.29, 0.717) is 9.50 Å². The minimum Gasteiger partial charge on any atom is -0.305 e. The van der Waals surface area contributed by atoms with Crippen molar-refractivity contribution in [2.45, 2.75) is 0 Å². The zero-order valence-corrected chi connectivity index (χ0v) is 11.4. The normalized spacial score (nSPS) is 11.1. The van der Waals surface area contributed by atoms with Crippen molar-refractivity contribution >= 4 is 33.2 Å². The predicted molar refractivity (Wildman–Crippen MR) is 73.3 cm³/mol. The topological polar surface area (TPSA) is 17.3 Å². The molecule has 1 aromatic carbocycles. The molecule has 18 heavy (non-hydrogen) atoms. The quantitative estimate of drug-likeness (QED) is 0.641. The van der Waals surface area contributed by atoms with Gasteiger partial charge in [-0.1, -0.05) is 11.6 Å². The van der Waals surface area contributed by atoms with Gasteiger partial charge in [-0.15, -0.1) is 0 Å². The lowest BCUT2D eigenvalue weighted by molar-refractivity contribution is 0.621. The van der Waals surface area contributed by atoms with Crippen LogP contribution >= 0.6 is 27.5 Å². The number of hydrogen-bond donors (Lipinski definition) is 0. The van der Waals surface area contributed by atoms with E-state index in [0.717, 1.165) is 16.9 Å². The van der Waals surface area contributed by atoms with Gasteiger partial charge >= 0.3 is 0 Å². The van der Waals surface area contributed by atoms with Crippen LogP contribution in [-0.4, -0.2) is 9.38 Å². The molecule has 5 heteroatoms. The number of pyridine rings is 1. The average Bonchev–Trinajstić information content (AvgIpc) is 2.75. The summed E-state index contributed by atoms with van der Waals surface area (Å²) in [6.45, 7) is 0. The Morgan fingerprint density at radius 2 is 2.00 bits per heavy atom. The van der Waals surface area contributed by atoms with Crippen LogP contribution in [0.5, 0.6) is 0 Å². The van der Waals surface area contributed by atoms with E-state index >= 15 is 0 Å². The maximum Gasteiger partial charge on any atom is 0.137 e. The second-order valence-corrected chi connectivity index (χ2v) is 5.16. The highest BCUT2D eigenvalue weighted by Gasteiger charge is 2.07. The Hall–Kier alpha value is -1.39. The second-order valence-electron chi connectivity index (χ2n) is 3.87. The Morgan fingerprint density at radius 1 is 1.17 bits per heavy atom. The first-order valence-corrected chi connectivity index (χ1v) is 6.40. The van der Waals surface area contributed by atoms with Gasteiger partial charge in [0.05, 0.1) is 15.2 Å². The average molecular weight is 326 g/mol. The first-order chi connectivity index (χ1) is 8.63. The van der Waals surface area contributed by atoms with Crippen molar-refractivity contribution in [2.24, 2.45) is 0 Å². The van der Waals surface area contributed by atoms with Crippen LogP contribution in [0.25, 0.3) is 16.9 Å². The van der Waals surface area contributed by atoms with Gasteiger partial charge in [0.15, 0.2) is 0 Å². The molecule has 0 saturated carbocycles. The van der Waals surface area contributed by atoms with Crippen LogP contribution in [0, 0.1) is 5.82 Å². The van der Waals surface area contributed by atoms with Crippen LogP contribution in [0.4, 0.5) is 4.39 Å². The lowest BCUT2D eigenvalue weighted by Gasteiger charge is -1.98. The first-order valence-electron chi connectivity index (χ1n) is 5.23. The van der Waals surface area contributed by atoms with Crippen molar-refractivity contribution < 1.29 is 4.39 Å². The monoisotopic (exact) mass is 324 g/mol. The molecule has 0 spiro atoms. The summed E-state index contributed by atoms with van der Waals surface area (Å²) < 4.78 is 15.5. The zero-order chi connectivity index (χ0) is 12.7. The molecule has 0 aliphatic rings. The third-order valence-electron chi connectivity index (χ3n) is 2.63. The molecule has 0 atom stereocenters. The van der Waals surface area contributed by atoms with E-state index in [4.69, 9.17) is 11.6 Å². The van der Waals surface area contributed by atoms with Crippen molar-refractivity contribution in [1.29, 1.82) is 0 Å². The van der Waals surface area contributed by atoms with Gasteiger partial charge in [-0.3, -0.25) is 0 Å². The maximum atomic E-state index is 13.2. The van der Waals surface area contributed by atoms with E-state index in [1.165, 1.54) is 6.07 Å². The highest BCUT2D eigenvalue weighted by molar-refractivity contribution is 9.10. The fourth-order valence-corrected chi connectivity index (χ4v) is 2.31. The summed E-state index contributed by atoms with van der Waals surface area (Å²) in [6, 6.07) is 8.44. The molecule has 2 aromatic heterocycles. The summed E-state index contributed by atoms with van der Waals surface area (Å²) in [5, 5.41) is 0.645. The van der Waals surface area contributed by atoms with Crippen LogP contribution < -0.4 is 0 Å². The molecule has 0 N–H and O–H groups in total. The molecule has 0 saturated heterocycles. The molecule has 0 fully saturated rings. The summed E-state index contributed by atoms with van der Waals surface area (Å²) >= 11 is 9.08. The smallest absolute Gasteiger partial charge is 0.137 e. The number of nitrogens with zero attached hydrogens (tertiary/aromatic N) is 2. The number of imidazole rings is 1. The maximum absolute atomic E-state index is 13.2. The molecule has 0 bridgehead atoms. The molecule has 3 aromatic rings. The van der Waals surface area contributed by atoms with Crippen molar-refractivity contribution in [2.75, 3.05) is 0 Å². The van der Waals surface area contributed by atoms with Crippen LogP contribution in [0.15, 0.2) is 47.2 Å². The van der Waals surface area contributed by atoms with Gasteiger partial charge < -0.3 is 4.40 Å². The Morgan fingerprint density at radius 3 is 2.78 bits per heavy atom. The lowest BCUT2D eigenvalue weighted by Crippen LogP contribution is -1.81. The predicted octanol–water partition coefficient (Wildman–Crippen LogP) is 4.56. The summed E-state index contributed by atoms with van der Waals surface area (Å²) in [5.74, 6) is -0.287. The van der Waals surface area contributed by atoms with Gasteiger partial charge in [0, 0.05) is 18.0 Å². The summed E-state index contributed by atoms with van der Waals surface area (Å²) in [4.78, 5) is 4.46. The van der Waals surface area contributed by atoms with E-state index in [2.05, 4.69) is 20.9 Å². The van der Waals surface area contributed by atoms with E-state index < -0.39 is 0 Å². The van der Waals surface area contributed by atoms with Gasteiger partial charge in [-0.2, -0.15) is 0 Å². The number of benzene rings is 1. The van der Waals surface area contributed by atoms with Crippen LogP contribution in [0.1, 0.15) is 0 Å². The number of aromatic nitrogens is 2. The van der Waals surface area contributed by atoms with Crippen molar-refractivity contribution in [3.63, 3.8) is 0 Å². The first kappa shape index (κ1) is 11.7. The number of rotatable bonds is 1. The standard InChI is InChI=1S/C13H7BrClFN2/c14-10-5-8(1-3-11(10)16)12-7-18-6-9(15)2-4-13(18)17-12/h1-7H. The van der Waals surface area contributed by atoms with Crippen molar-refractivity contribution in [1.82, 2.24) is 9.38 Å². The van der Waals surface area contributed by atoms with Gasteiger partial charge in [-0.05, 0) is 46.3 Å². The number of fused-ring (bicyclic) bond motifs is 1. The molecule has 0 radical (unpaired) electrons. The Balaban J connectivity index is 2.16. The molecule has 3 rings (SSSR count). The SMILES string of the molecule is Fc1ccc(-c2cn3cc(Cl)ccc3n2)cc1Br. The summed E-state index contributed by atoms with van der Waals surface area (Å²) in [6.07, 6.45) is 3.65. The fourth-order valence-electron chi connectivity index (χ4n) is 1.76. The molecule has 0 unspecified atom stereocenters. The van der Waals surface area contributed by atoms with E-state index in [9.17, 15) is 4.39 Å². The minimum absolute atomic E-state index is 0.287. The third-order valence-corrected chi connectivity index (χ3v) is 3.46. The molecular weight excluding hydrogens is 319 g/mol. The Bertz CT molecular complexity index is 739. The van der Waals surface area contributed by atoms with Crippen LogP contribution in [0.3, 0.4) is 0 Å². The highest BCUT2D eigenvalue weighted by Crippen LogP contribution is 2.25. The minimum atomic E-state index is -0.287. The summed E-state index contributed by atoms with van der Waals surface area (Å²) in [7, 11) is 0. The van der Waals surface area contributed by atoms with Gasteiger partial charge in [-0.25, -0.2) is 9.37 Å². The lowest BCUT2D eigenvalue weighted by atomic mass is 10.2. The zero-order valence-electron chi connectivity index (χ0n) is 9.07. The van der Waals surface area contributed by atoms with Gasteiger partial charge in [0.2, 0.25) is 0 Å². The Labute approximate surface area is 116 Å². The highest BCUT2D eigenvalue weighted by atomic mass is 79.9. The fraction of sp³-hybridized carbons (Fsp3) is 0. The third kappa shape index (κ3) is 2.02. The van der Waals surface area contributed by atoms with Crippen LogP contribution in [0.2, 0.25) is 5.02 Å². The largest absolute Gasteiger partial charge is 0.305 e. The molecule has 2 nitrogen and oxygen atoms in total. The number of hydrogen-bond acceptors (Lipinski definition) is 1. The van der Waals surface area contributed by atoms with Gasteiger partial charge in [0.1, 0.15) is 11.5 Å². The van der Waals surface area contributed by atoms with E-state index in [-0.39, 0.29) is 5.82 Å². The van der Waals surface area contributed by atoms with E-state index in [1.807, 2.05) is 16.7 Å². The van der Waals surface area contributed by atoms with Crippen molar-refractivity contribution in [3.8, 4) is 11.3 Å². The second kappa shape index (κ2) is 4.37. The van der Waals surface area contributed by atoms with Crippen LogP contribution in [-0.2, 0) is 0 Å². The molecular formula is C13H7BrClFN2. The number of halogens is 3.